The monoisotopic (exact) mass is 508 g/mol. The zero-order valence-electron chi connectivity index (χ0n) is 20.6. The van der Waals surface area contributed by atoms with E-state index in [2.05, 4.69) is 18.8 Å². The first-order valence-electron chi connectivity index (χ1n) is 11.5. The standard InChI is InChI=1S/C27H28N2O6S/c1-16(2)10-12-35-20-9-8-17(15-21(20)34-4)23-22(24(30)18-6-5-7-19(14-18)33-3)25(31)26(32)29(23)27-28-11-13-36-27/h5-9,11,13-16,23,30H,10,12H2,1-4H3/b24-22+. The van der Waals surface area contributed by atoms with E-state index in [1.807, 2.05) is 0 Å². The molecule has 2 heterocycles. The minimum Gasteiger partial charge on any atom is -0.507 e. The molecule has 3 aromatic rings. The van der Waals surface area contributed by atoms with Gasteiger partial charge < -0.3 is 19.3 Å². The number of amides is 1. The molecule has 1 unspecified atom stereocenters. The van der Waals surface area contributed by atoms with Gasteiger partial charge in [-0.1, -0.05) is 32.0 Å². The number of methoxy groups -OCH3 is 2. The quantitative estimate of drug-likeness (QED) is 0.241. The van der Waals surface area contributed by atoms with Gasteiger partial charge in [0.05, 0.1) is 32.4 Å². The first-order chi connectivity index (χ1) is 17.3. The number of aromatic nitrogens is 1. The molecule has 1 fully saturated rings. The lowest BCUT2D eigenvalue weighted by Gasteiger charge is -2.24. The second kappa shape index (κ2) is 10.8. The summed E-state index contributed by atoms with van der Waals surface area (Å²) in [4.78, 5) is 32.0. The van der Waals surface area contributed by atoms with Crippen molar-refractivity contribution in [2.45, 2.75) is 26.3 Å². The SMILES string of the molecule is COc1cccc(/C(O)=C2\C(=O)C(=O)N(c3nccs3)C2c2ccc(OCCC(C)C)c(OC)c2)c1. The molecular formula is C27H28N2O6S. The van der Waals surface area contributed by atoms with Crippen LogP contribution in [0.2, 0.25) is 0 Å². The van der Waals surface area contributed by atoms with Crippen LogP contribution in [-0.4, -0.2) is 42.6 Å². The maximum Gasteiger partial charge on any atom is 0.301 e. The number of ether oxygens (including phenoxy) is 3. The summed E-state index contributed by atoms with van der Waals surface area (Å²) >= 11 is 1.23. The number of thiazole rings is 1. The van der Waals surface area contributed by atoms with Crippen molar-refractivity contribution in [3.8, 4) is 17.2 Å². The molecule has 9 heteroatoms. The number of hydrogen-bond acceptors (Lipinski definition) is 8. The Morgan fingerprint density at radius 3 is 2.58 bits per heavy atom. The van der Waals surface area contributed by atoms with Crippen LogP contribution in [-0.2, 0) is 9.59 Å². The van der Waals surface area contributed by atoms with Crippen LogP contribution in [0.3, 0.4) is 0 Å². The van der Waals surface area contributed by atoms with E-state index in [1.54, 1.807) is 54.0 Å². The Hall–Kier alpha value is -3.85. The van der Waals surface area contributed by atoms with Crippen LogP contribution in [0.1, 0.15) is 37.4 Å². The van der Waals surface area contributed by atoms with Gasteiger partial charge in [0.25, 0.3) is 5.78 Å². The van der Waals surface area contributed by atoms with E-state index in [1.165, 1.54) is 30.5 Å². The van der Waals surface area contributed by atoms with Gasteiger partial charge in [0.1, 0.15) is 11.5 Å². The van der Waals surface area contributed by atoms with Crippen LogP contribution >= 0.6 is 11.3 Å². The lowest BCUT2D eigenvalue weighted by atomic mass is 9.95. The van der Waals surface area contributed by atoms with Crippen molar-refractivity contribution in [1.29, 1.82) is 0 Å². The summed E-state index contributed by atoms with van der Waals surface area (Å²) in [5.74, 6) is 0.150. The highest BCUT2D eigenvalue weighted by Gasteiger charge is 2.48. The number of Topliss-reactive ketones (excluding diaryl/α,β-unsaturated/α-hetero) is 1. The molecule has 188 valence electrons. The van der Waals surface area contributed by atoms with E-state index in [9.17, 15) is 14.7 Å². The molecule has 0 radical (unpaired) electrons. The molecule has 0 aliphatic carbocycles. The van der Waals surface area contributed by atoms with Crippen LogP contribution in [0.25, 0.3) is 5.76 Å². The Bertz CT molecular complexity index is 1290. The fourth-order valence-electron chi connectivity index (χ4n) is 3.98. The molecule has 0 bridgehead atoms. The first kappa shape index (κ1) is 25.2. The molecule has 2 aromatic carbocycles. The van der Waals surface area contributed by atoms with Crippen molar-refractivity contribution in [2.75, 3.05) is 25.7 Å². The zero-order chi connectivity index (χ0) is 25.8. The summed E-state index contributed by atoms with van der Waals surface area (Å²) in [5.41, 5.74) is 0.887. The fraction of sp³-hybridized carbons (Fsp3) is 0.296. The fourth-order valence-corrected chi connectivity index (χ4v) is 4.65. The number of aliphatic hydroxyl groups excluding tert-OH is 1. The highest BCUT2D eigenvalue weighted by atomic mass is 32.1. The summed E-state index contributed by atoms with van der Waals surface area (Å²) in [6.45, 7) is 4.77. The third-order valence-electron chi connectivity index (χ3n) is 5.87. The average molecular weight is 509 g/mol. The Balaban J connectivity index is 1.84. The highest BCUT2D eigenvalue weighted by Crippen LogP contribution is 2.44. The van der Waals surface area contributed by atoms with Crippen molar-refractivity contribution in [3.05, 3.63) is 70.7 Å². The molecule has 1 atom stereocenters. The van der Waals surface area contributed by atoms with Crippen molar-refractivity contribution < 1.29 is 28.9 Å². The van der Waals surface area contributed by atoms with Crippen LogP contribution in [0.5, 0.6) is 17.2 Å². The maximum absolute atomic E-state index is 13.3. The molecule has 0 spiro atoms. The lowest BCUT2D eigenvalue weighted by molar-refractivity contribution is -0.132. The normalized spacial score (nSPS) is 17.0. The Labute approximate surface area is 213 Å². The van der Waals surface area contributed by atoms with E-state index >= 15 is 0 Å². The number of ketones is 1. The molecule has 1 aromatic heterocycles. The minimum atomic E-state index is -0.916. The summed E-state index contributed by atoms with van der Waals surface area (Å²) in [5, 5.41) is 13.3. The number of carbonyl (C=O) groups excluding carboxylic acids is 2. The number of aliphatic hydroxyl groups is 1. The lowest BCUT2D eigenvalue weighted by Crippen LogP contribution is -2.29. The molecule has 4 rings (SSSR count). The second-order valence-corrected chi connectivity index (χ2v) is 9.53. The van der Waals surface area contributed by atoms with Crippen LogP contribution in [0, 0.1) is 5.92 Å². The Morgan fingerprint density at radius 1 is 1.11 bits per heavy atom. The third kappa shape index (κ3) is 4.92. The second-order valence-electron chi connectivity index (χ2n) is 8.66. The van der Waals surface area contributed by atoms with E-state index in [0.29, 0.717) is 46.0 Å². The van der Waals surface area contributed by atoms with E-state index in [-0.39, 0.29) is 11.3 Å². The maximum atomic E-state index is 13.3. The smallest absolute Gasteiger partial charge is 0.301 e. The van der Waals surface area contributed by atoms with Crippen molar-refractivity contribution in [2.24, 2.45) is 5.92 Å². The Morgan fingerprint density at radius 2 is 1.92 bits per heavy atom. The van der Waals surface area contributed by atoms with Gasteiger partial charge in [0.15, 0.2) is 16.6 Å². The van der Waals surface area contributed by atoms with Gasteiger partial charge in [0.2, 0.25) is 0 Å². The molecular weight excluding hydrogens is 480 g/mol. The molecule has 36 heavy (non-hydrogen) atoms. The molecule has 1 aliphatic rings. The van der Waals surface area contributed by atoms with Gasteiger partial charge in [-0.2, -0.15) is 0 Å². The predicted octanol–water partition coefficient (Wildman–Crippen LogP) is 5.21. The zero-order valence-corrected chi connectivity index (χ0v) is 21.4. The summed E-state index contributed by atoms with van der Waals surface area (Å²) in [6.07, 6.45) is 2.44. The van der Waals surface area contributed by atoms with Crippen LogP contribution < -0.4 is 19.1 Å². The van der Waals surface area contributed by atoms with Gasteiger partial charge >= 0.3 is 5.91 Å². The van der Waals surface area contributed by atoms with Crippen molar-refractivity contribution in [1.82, 2.24) is 4.98 Å². The molecule has 0 saturated carbocycles. The predicted molar refractivity (Wildman–Crippen MR) is 138 cm³/mol. The number of benzene rings is 2. The Kier molecular flexibility index (Phi) is 7.59. The summed E-state index contributed by atoms with van der Waals surface area (Å²) < 4.78 is 16.7. The van der Waals surface area contributed by atoms with E-state index < -0.39 is 17.7 Å². The van der Waals surface area contributed by atoms with Gasteiger partial charge in [-0.15, -0.1) is 11.3 Å². The van der Waals surface area contributed by atoms with Crippen molar-refractivity contribution in [3.63, 3.8) is 0 Å². The van der Waals surface area contributed by atoms with Gasteiger partial charge in [0, 0.05) is 17.1 Å². The summed E-state index contributed by atoms with van der Waals surface area (Å²) in [6, 6.07) is 11.0. The average Bonchev–Trinajstić information content (AvgIpc) is 3.50. The molecule has 1 amide bonds. The van der Waals surface area contributed by atoms with Crippen molar-refractivity contribution >= 4 is 33.9 Å². The van der Waals surface area contributed by atoms with Crippen LogP contribution in [0.4, 0.5) is 5.13 Å². The largest absolute Gasteiger partial charge is 0.507 e. The topological polar surface area (TPSA) is 98.2 Å². The molecule has 1 saturated heterocycles. The van der Waals surface area contributed by atoms with E-state index in [0.717, 1.165) is 6.42 Å². The number of carbonyl (C=O) groups is 2. The third-order valence-corrected chi connectivity index (χ3v) is 6.64. The molecule has 1 aliphatic heterocycles. The van der Waals surface area contributed by atoms with Gasteiger partial charge in [-0.25, -0.2) is 4.98 Å². The number of anilines is 1. The molecule has 1 N–H and O–H groups in total. The van der Waals surface area contributed by atoms with E-state index in [4.69, 9.17) is 14.2 Å². The van der Waals surface area contributed by atoms with Gasteiger partial charge in [-0.3, -0.25) is 14.5 Å². The minimum absolute atomic E-state index is 0.0426. The number of nitrogens with zero attached hydrogens (tertiary/aromatic N) is 2. The number of rotatable bonds is 9. The number of hydrogen-bond donors (Lipinski definition) is 1. The highest BCUT2D eigenvalue weighted by molar-refractivity contribution is 7.14. The first-order valence-corrected chi connectivity index (χ1v) is 12.4. The van der Waals surface area contributed by atoms with Crippen LogP contribution in [0.15, 0.2) is 59.6 Å². The van der Waals surface area contributed by atoms with Gasteiger partial charge in [-0.05, 0) is 42.2 Å². The molecule has 8 nitrogen and oxygen atoms in total. The summed E-state index contributed by atoms with van der Waals surface area (Å²) in [7, 11) is 3.04.